The molecule has 2 N–H and O–H groups in total. The monoisotopic (exact) mass is 315 g/mol. The first-order valence-corrected chi connectivity index (χ1v) is 8.72. The van der Waals surface area contributed by atoms with Gasteiger partial charge >= 0.3 is 5.97 Å². The van der Waals surface area contributed by atoms with Gasteiger partial charge in [0.15, 0.2) is 0 Å². The quantitative estimate of drug-likeness (QED) is 0.870. The number of carboxylic acids is 1. The smallest absolute Gasteiger partial charge is 0.307 e. The summed E-state index contributed by atoms with van der Waals surface area (Å²) in [7, 11) is 0. The number of fused-ring (bicyclic) bond motifs is 3. The molecule has 0 saturated heterocycles. The average molecular weight is 315 g/mol. The molecule has 0 unspecified atom stereocenters. The van der Waals surface area contributed by atoms with Crippen LogP contribution in [0.15, 0.2) is 24.3 Å². The minimum absolute atomic E-state index is 0.116. The number of aliphatic carboxylic acids is 1. The van der Waals surface area contributed by atoms with Crippen molar-refractivity contribution in [3.05, 3.63) is 29.8 Å². The number of hydrogen-bond donors (Lipinski definition) is 2. The second-order valence-corrected chi connectivity index (χ2v) is 7.00. The minimum Gasteiger partial charge on any atom is -0.481 e. The Hall–Kier alpha value is -1.84. The molecule has 3 fully saturated rings. The van der Waals surface area contributed by atoms with Crippen LogP contribution in [-0.2, 0) is 16.0 Å². The summed E-state index contributed by atoms with van der Waals surface area (Å²) in [4.78, 5) is 24.4. The molecule has 2 atom stereocenters. The normalized spacial score (nSPS) is 29.3. The number of carbonyl (C=O) groups is 2. The highest BCUT2D eigenvalue weighted by Crippen LogP contribution is 2.49. The van der Waals surface area contributed by atoms with E-state index in [1.807, 2.05) is 24.3 Å². The van der Waals surface area contributed by atoms with Crippen molar-refractivity contribution < 1.29 is 14.7 Å². The van der Waals surface area contributed by atoms with Crippen molar-refractivity contribution >= 4 is 17.6 Å². The first-order chi connectivity index (χ1) is 11.1. The molecule has 3 saturated carbocycles. The molecule has 124 valence electrons. The van der Waals surface area contributed by atoms with Crippen LogP contribution in [0.5, 0.6) is 0 Å². The summed E-state index contributed by atoms with van der Waals surface area (Å²) in [5, 5.41) is 12.5. The molecular weight excluding hydrogens is 290 g/mol. The Balaban J connectivity index is 1.72. The molecule has 0 aliphatic heterocycles. The molecule has 23 heavy (non-hydrogen) atoms. The first-order valence-electron chi connectivity index (χ1n) is 8.72. The third kappa shape index (κ3) is 3.26. The Morgan fingerprint density at radius 3 is 2.13 bits per heavy atom. The zero-order valence-corrected chi connectivity index (χ0v) is 13.6. The van der Waals surface area contributed by atoms with E-state index in [2.05, 4.69) is 12.2 Å². The van der Waals surface area contributed by atoms with Crippen LogP contribution in [-0.4, -0.2) is 17.0 Å². The molecule has 1 amide bonds. The topological polar surface area (TPSA) is 66.4 Å². The van der Waals surface area contributed by atoms with Crippen molar-refractivity contribution in [2.24, 2.45) is 23.7 Å². The van der Waals surface area contributed by atoms with Gasteiger partial charge in [0, 0.05) is 5.69 Å². The maximum absolute atomic E-state index is 12.7. The van der Waals surface area contributed by atoms with E-state index < -0.39 is 11.9 Å². The van der Waals surface area contributed by atoms with Crippen LogP contribution in [0.25, 0.3) is 0 Å². The Labute approximate surface area is 137 Å². The lowest BCUT2D eigenvalue weighted by Gasteiger charge is -2.45. The number of anilines is 1. The third-order valence-electron chi connectivity index (χ3n) is 5.57. The zero-order chi connectivity index (χ0) is 16.4. The van der Waals surface area contributed by atoms with Gasteiger partial charge < -0.3 is 10.4 Å². The fourth-order valence-electron chi connectivity index (χ4n) is 4.45. The number of carboxylic acid groups (broad SMARTS) is 1. The van der Waals surface area contributed by atoms with Crippen LogP contribution in [0.1, 0.15) is 44.6 Å². The van der Waals surface area contributed by atoms with Crippen LogP contribution in [0.4, 0.5) is 5.69 Å². The number of carbonyl (C=O) groups excluding carboxylic acids is 1. The Bertz CT molecular complexity index is 573. The Kier molecular flexibility index (Phi) is 4.69. The highest BCUT2D eigenvalue weighted by Gasteiger charge is 2.50. The van der Waals surface area contributed by atoms with E-state index in [-0.39, 0.29) is 23.7 Å². The second kappa shape index (κ2) is 6.73. The Morgan fingerprint density at radius 1 is 1.04 bits per heavy atom. The summed E-state index contributed by atoms with van der Waals surface area (Å²) in [6, 6.07) is 7.89. The highest BCUT2D eigenvalue weighted by molar-refractivity contribution is 5.95. The number of amides is 1. The summed E-state index contributed by atoms with van der Waals surface area (Å²) < 4.78 is 0. The van der Waals surface area contributed by atoms with E-state index in [9.17, 15) is 14.7 Å². The molecule has 1 aromatic rings. The van der Waals surface area contributed by atoms with Gasteiger partial charge in [-0.3, -0.25) is 9.59 Å². The van der Waals surface area contributed by atoms with E-state index >= 15 is 0 Å². The third-order valence-corrected chi connectivity index (χ3v) is 5.57. The Morgan fingerprint density at radius 2 is 1.61 bits per heavy atom. The molecular formula is C19H25NO3. The van der Waals surface area contributed by atoms with Gasteiger partial charge in [0.05, 0.1) is 11.8 Å². The largest absolute Gasteiger partial charge is 0.481 e. The summed E-state index contributed by atoms with van der Waals surface area (Å²) in [6.07, 6.45) is 6.01. The van der Waals surface area contributed by atoms with Crippen molar-refractivity contribution in [2.45, 2.75) is 45.4 Å². The lowest BCUT2D eigenvalue weighted by atomic mass is 9.58. The van der Waals surface area contributed by atoms with Gasteiger partial charge in [-0.05, 0) is 61.6 Å². The number of benzene rings is 1. The number of hydrogen-bond acceptors (Lipinski definition) is 2. The van der Waals surface area contributed by atoms with E-state index in [0.29, 0.717) is 0 Å². The lowest BCUT2D eigenvalue weighted by molar-refractivity contribution is -0.156. The lowest BCUT2D eigenvalue weighted by Crippen LogP contribution is -2.49. The van der Waals surface area contributed by atoms with Crippen LogP contribution in [0.2, 0.25) is 0 Å². The molecule has 0 radical (unpaired) electrons. The van der Waals surface area contributed by atoms with E-state index in [0.717, 1.165) is 44.2 Å². The van der Waals surface area contributed by atoms with Gasteiger partial charge in [-0.15, -0.1) is 0 Å². The predicted octanol–water partition coefficient (Wildman–Crippen LogP) is 3.71. The van der Waals surface area contributed by atoms with E-state index in [4.69, 9.17) is 0 Å². The standard InChI is InChI=1S/C19H25NO3/c1-2-3-12-4-10-15(11-5-12)20-18(21)16-13-6-8-14(9-7-13)17(16)19(22)23/h4-5,10-11,13-14,16-17H,2-3,6-9H2,1H3,(H,20,21)(H,22,23)/t13?,14?,16-,17-/m0/s1. The van der Waals surface area contributed by atoms with Crippen molar-refractivity contribution in [1.82, 2.24) is 0 Å². The summed E-state index contributed by atoms with van der Waals surface area (Å²) in [5.41, 5.74) is 2.02. The maximum Gasteiger partial charge on any atom is 0.307 e. The fraction of sp³-hybridized carbons (Fsp3) is 0.579. The number of nitrogens with one attached hydrogen (secondary N) is 1. The highest BCUT2D eigenvalue weighted by atomic mass is 16.4. The van der Waals surface area contributed by atoms with Crippen LogP contribution in [0.3, 0.4) is 0 Å². The van der Waals surface area contributed by atoms with Crippen LogP contribution < -0.4 is 5.32 Å². The van der Waals surface area contributed by atoms with Crippen LogP contribution in [0, 0.1) is 23.7 Å². The van der Waals surface area contributed by atoms with Crippen molar-refractivity contribution in [3.63, 3.8) is 0 Å². The van der Waals surface area contributed by atoms with Gasteiger partial charge in [0.1, 0.15) is 0 Å². The summed E-state index contributed by atoms with van der Waals surface area (Å²) in [5.74, 6) is -1.43. The zero-order valence-electron chi connectivity index (χ0n) is 13.6. The van der Waals surface area contributed by atoms with Gasteiger partial charge in [-0.25, -0.2) is 0 Å². The van der Waals surface area contributed by atoms with Crippen LogP contribution >= 0.6 is 0 Å². The van der Waals surface area contributed by atoms with Gasteiger partial charge in [-0.1, -0.05) is 25.5 Å². The molecule has 3 aliphatic carbocycles. The first kappa shape index (κ1) is 16.0. The SMILES string of the molecule is CCCc1ccc(NC(=O)[C@H]2C3CCC(CC3)[C@@H]2C(=O)O)cc1. The fourth-order valence-corrected chi connectivity index (χ4v) is 4.45. The van der Waals surface area contributed by atoms with Gasteiger partial charge in [0.2, 0.25) is 5.91 Å². The second-order valence-electron chi connectivity index (χ2n) is 7.00. The number of aryl methyl sites for hydroxylation is 1. The van der Waals surface area contributed by atoms with E-state index in [1.54, 1.807) is 0 Å². The van der Waals surface area contributed by atoms with E-state index in [1.165, 1.54) is 5.56 Å². The predicted molar refractivity (Wildman–Crippen MR) is 89.1 cm³/mol. The van der Waals surface area contributed by atoms with Crippen molar-refractivity contribution in [1.29, 1.82) is 0 Å². The molecule has 4 rings (SSSR count). The molecule has 4 heteroatoms. The molecule has 0 heterocycles. The maximum atomic E-state index is 12.7. The van der Waals surface area contributed by atoms with Crippen molar-refractivity contribution in [2.75, 3.05) is 5.32 Å². The molecule has 0 aromatic heterocycles. The number of rotatable bonds is 5. The summed E-state index contributed by atoms with van der Waals surface area (Å²) >= 11 is 0. The summed E-state index contributed by atoms with van der Waals surface area (Å²) in [6.45, 7) is 2.14. The minimum atomic E-state index is -0.808. The molecule has 1 aromatic carbocycles. The molecule has 0 spiro atoms. The average Bonchev–Trinajstić information content (AvgIpc) is 2.57. The van der Waals surface area contributed by atoms with Gasteiger partial charge in [-0.2, -0.15) is 0 Å². The molecule has 2 bridgehead atoms. The van der Waals surface area contributed by atoms with Gasteiger partial charge in [0.25, 0.3) is 0 Å². The molecule has 4 nitrogen and oxygen atoms in total. The molecule has 3 aliphatic rings. The van der Waals surface area contributed by atoms with Crippen molar-refractivity contribution in [3.8, 4) is 0 Å².